The molecule has 0 bridgehead atoms. The Hall–Kier alpha value is -2.02. The van der Waals surface area contributed by atoms with Crippen LogP contribution < -0.4 is 5.32 Å². The fraction of sp³-hybridized carbons (Fsp3) is 0.700. The summed E-state index contributed by atoms with van der Waals surface area (Å²) >= 11 is 0. The van der Waals surface area contributed by atoms with E-state index in [0.29, 0.717) is 24.3 Å². The second-order valence-corrected chi connectivity index (χ2v) is 7.37. The molecule has 0 spiro atoms. The molecule has 2 aliphatic rings. The van der Waals surface area contributed by atoms with Gasteiger partial charge in [0.2, 0.25) is 0 Å². The number of rotatable bonds is 8. The van der Waals surface area contributed by atoms with Crippen molar-refractivity contribution < 1.29 is 13.9 Å². The highest BCUT2D eigenvalue weighted by Gasteiger charge is 2.42. The van der Waals surface area contributed by atoms with E-state index >= 15 is 0 Å². The number of aliphatic imine (C=N–C) groups is 1. The van der Waals surface area contributed by atoms with Crippen LogP contribution in [0.4, 0.5) is 0 Å². The Morgan fingerprint density at radius 2 is 2.00 bits per heavy atom. The van der Waals surface area contributed by atoms with Gasteiger partial charge in [-0.05, 0) is 50.7 Å². The van der Waals surface area contributed by atoms with Crippen molar-refractivity contribution in [2.24, 2.45) is 10.4 Å². The summed E-state index contributed by atoms with van der Waals surface area (Å²) in [5.74, 6) is 1.34. The van der Waals surface area contributed by atoms with E-state index in [1.165, 1.54) is 12.8 Å². The van der Waals surface area contributed by atoms with Gasteiger partial charge in [-0.25, -0.2) is 0 Å². The molecule has 3 rings (SSSR count). The van der Waals surface area contributed by atoms with Crippen LogP contribution in [0.5, 0.6) is 0 Å². The number of amides is 1. The van der Waals surface area contributed by atoms with E-state index in [1.54, 1.807) is 18.4 Å². The molecule has 7 heteroatoms. The van der Waals surface area contributed by atoms with Crippen LogP contribution >= 0.6 is 0 Å². The molecule has 1 saturated carbocycles. The molecule has 0 atom stereocenters. The molecular formula is C20H32N4O3. The molecule has 27 heavy (non-hydrogen) atoms. The fourth-order valence-electron chi connectivity index (χ4n) is 3.44. The number of ether oxygens (including phenoxy) is 1. The molecule has 1 aliphatic heterocycles. The maximum Gasteiger partial charge on any atom is 0.289 e. The molecule has 7 nitrogen and oxygen atoms in total. The van der Waals surface area contributed by atoms with Gasteiger partial charge in [0.05, 0.1) is 6.26 Å². The number of furan rings is 1. The number of hydrogen-bond acceptors (Lipinski definition) is 4. The van der Waals surface area contributed by atoms with Crippen molar-refractivity contribution in [1.29, 1.82) is 0 Å². The minimum atomic E-state index is -0.0329. The van der Waals surface area contributed by atoms with E-state index in [2.05, 4.69) is 17.1 Å². The van der Waals surface area contributed by atoms with Gasteiger partial charge in [0.15, 0.2) is 11.7 Å². The molecule has 2 fully saturated rings. The second kappa shape index (κ2) is 9.26. The van der Waals surface area contributed by atoms with Crippen molar-refractivity contribution in [3.05, 3.63) is 24.2 Å². The van der Waals surface area contributed by atoms with Crippen molar-refractivity contribution in [3.63, 3.8) is 0 Å². The van der Waals surface area contributed by atoms with Crippen LogP contribution in [0.2, 0.25) is 0 Å². The van der Waals surface area contributed by atoms with E-state index in [1.807, 2.05) is 11.8 Å². The summed E-state index contributed by atoms with van der Waals surface area (Å²) in [4.78, 5) is 21.4. The Morgan fingerprint density at radius 3 is 2.59 bits per heavy atom. The molecule has 1 aliphatic carbocycles. The van der Waals surface area contributed by atoms with Gasteiger partial charge >= 0.3 is 0 Å². The topological polar surface area (TPSA) is 70.3 Å². The van der Waals surface area contributed by atoms with Crippen LogP contribution in [0.25, 0.3) is 0 Å². The van der Waals surface area contributed by atoms with E-state index in [-0.39, 0.29) is 5.91 Å². The molecule has 0 unspecified atom stereocenters. The van der Waals surface area contributed by atoms with Gasteiger partial charge in [0.1, 0.15) is 0 Å². The monoisotopic (exact) mass is 376 g/mol. The van der Waals surface area contributed by atoms with Crippen molar-refractivity contribution in [2.45, 2.75) is 33.1 Å². The second-order valence-electron chi connectivity index (χ2n) is 7.37. The third-order valence-corrected chi connectivity index (χ3v) is 5.44. The predicted molar refractivity (Wildman–Crippen MR) is 105 cm³/mol. The summed E-state index contributed by atoms with van der Waals surface area (Å²) < 4.78 is 10.8. The smallest absolute Gasteiger partial charge is 0.289 e. The highest BCUT2D eigenvalue weighted by Crippen LogP contribution is 2.49. The number of carbonyl (C=O) groups is 1. The Kier molecular flexibility index (Phi) is 6.77. The first-order chi connectivity index (χ1) is 13.2. The zero-order valence-electron chi connectivity index (χ0n) is 16.6. The Labute approximate surface area is 161 Å². The van der Waals surface area contributed by atoms with Gasteiger partial charge in [-0.15, -0.1) is 0 Å². The summed E-state index contributed by atoms with van der Waals surface area (Å²) in [5, 5.41) is 3.41. The predicted octanol–water partition coefficient (Wildman–Crippen LogP) is 2.21. The van der Waals surface area contributed by atoms with Crippen LogP contribution in [-0.2, 0) is 4.74 Å². The number of hydrogen-bond donors (Lipinski definition) is 1. The molecule has 150 valence electrons. The lowest BCUT2D eigenvalue weighted by molar-refractivity contribution is 0.0657. The fourth-order valence-corrected chi connectivity index (χ4v) is 3.44. The SMILES string of the molecule is CCNC(=NCC1(CCOCC)CC1)N1CCN(C(=O)c2ccco2)CC1. The maximum atomic E-state index is 12.4. The molecule has 1 aromatic rings. The lowest BCUT2D eigenvalue weighted by Gasteiger charge is -2.36. The van der Waals surface area contributed by atoms with E-state index in [0.717, 1.165) is 51.8 Å². The normalized spacial score (nSPS) is 19.3. The molecule has 1 aromatic heterocycles. The first-order valence-corrected chi connectivity index (χ1v) is 10.1. The highest BCUT2D eigenvalue weighted by atomic mass is 16.5. The van der Waals surface area contributed by atoms with Crippen LogP contribution in [-0.4, -0.2) is 74.1 Å². The highest BCUT2D eigenvalue weighted by molar-refractivity contribution is 5.91. The van der Waals surface area contributed by atoms with Gasteiger partial charge < -0.3 is 24.3 Å². The quantitative estimate of drug-likeness (QED) is 0.428. The summed E-state index contributed by atoms with van der Waals surface area (Å²) in [6, 6.07) is 3.47. The number of nitrogens with zero attached hydrogens (tertiary/aromatic N) is 3. The van der Waals surface area contributed by atoms with Crippen LogP contribution in [0, 0.1) is 5.41 Å². The first kappa shape index (κ1) is 19.7. The molecule has 1 N–H and O–H groups in total. The van der Waals surface area contributed by atoms with Crippen LogP contribution in [0.3, 0.4) is 0 Å². The molecule has 0 radical (unpaired) electrons. The van der Waals surface area contributed by atoms with Crippen molar-refractivity contribution in [1.82, 2.24) is 15.1 Å². The van der Waals surface area contributed by atoms with Gasteiger partial charge in [0.25, 0.3) is 5.91 Å². The lowest BCUT2D eigenvalue weighted by Crippen LogP contribution is -2.53. The van der Waals surface area contributed by atoms with Gasteiger partial charge in [-0.2, -0.15) is 0 Å². The third kappa shape index (κ3) is 5.25. The van der Waals surface area contributed by atoms with Crippen molar-refractivity contribution in [3.8, 4) is 0 Å². The van der Waals surface area contributed by atoms with E-state index < -0.39 is 0 Å². The number of guanidine groups is 1. The zero-order chi connectivity index (χ0) is 19.1. The molecular weight excluding hydrogens is 344 g/mol. The summed E-state index contributed by atoms with van der Waals surface area (Å²) in [7, 11) is 0. The summed E-state index contributed by atoms with van der Waals surface area (Å²) in [6.45, 7) is 10.4. The Balaban J connectivity index is 1.52. The zero-order valence-corrected chi connectivity index (χ0v) is 16.6. The average Bonchev–Trinajstić information content (AvgIpc) is 3.24. The molecule has 1 saturated heterocycles. The molecule has 1 amide bonds. The number of piperazine rings is 1. The van der Waals surface area contributed by atoms with Crippen molar-refractivity contribution in [2.75, 3.05) is 52.5 Å². The average molecular weight is 377 g/mol. The van der Waals surface area contributed by atoms with Gasteiger partial charge in [-0.1, -0.05) is 0 Å². The molecule has 2 heterocycles. The minimum Gasteiger partial charge on any atom is -0.459 e. The lowest BCUT2D eigenvalue weighted by atomic mass is 10.0. The summed E-state index contributed by atoms with van der Waals surface area (Å²) in [6.07, 6.45) is 5.12. The first-order valence-electron chi connectivity index (χ1n) is 10.1. The van der Waals surface area contributed by atoms with Crippen molar-refractivity contribution >= 4 is 11.9 Å². The van der Waals surface area contributed by atoms with Gasteiger partial charge in [0, 0.05) is 52.5 Å². The Bertz CT molecular complexity index is 617. The van der Waals surface area contributed by atoms with E-state index in [9.17, 15) is 4.79 Å². The largest absolute Gasteiger partial charge is 0.459 e. The number of carbonyl (C=O) groups excluding carboxylic acids is 1. The van der Waals surface area contributed by atoms with Crippen LogP contribution in [0.1, 0.15) is 43.7 Å². The van der Waals surface area contributed by atoms with Crippen LogP contribution in [0.15, 0.2) is 27.8 Å². The number of nitrogens with one attached hydrogen (secondary N) is 1. The van der Waals surface area contributed by atoms with Gasteiger partial charge in [-0.3, -0.25) is 9.79 Å². The molecule has 0 aromatic carbocycles. The maximum absolute atomic E-state index is 12.4. The Morgan fingerprint density at radius 1 is 1.26 bits per heavy atom. The standard InChI is InChI=1S/C20H32N4O3/c1-3-21-19(22-16-20(7-8-20)9-15-26-4-2)24-12-10-23(11-13-24)18(25)17-6-5-14-27-17/h5-6,14H,3-4,7-13,15-16H2,1-2H3,(H,21,22). The summed E-state index contributed by atoms with van der Waals surface area (Å²) in [5.41, 5.74) is 0.340. The third-order valence-electron chi connectivity index (χ3n) is 5.44. The van der Waals surface area contributed by atoms with E-state index in [4.69, 9.17) is 14.1 Å². The minimum absolute atomic E-state index is 0.0329.